The second-order valence-electron chi connectivity index (χ2n) is 5.23. The van der Waals surface area contributed by atoms with Crippen molar-refractivity contribution in [2.24, 2.45) is 5.41 Å². The molecule has 0 bridgehead atoms. The molecule has 17 heavy (non-hydrogen) atoms. The van der Waals surface area contributed by atoms with E-state index in [9.17, 15) is 4.39 Å². The number of aromatic nitrogens is 2. The minimum Gasteiger partial charge on any atom is -0.367 e. The molecule has 1 aromatic rings. The van der Waals surface area contributed by atoms with Crippen molar-refractivity contribution in [3.8, 4) is 0 Å². The van der Waals surface area contributed by atoms with E-state index in [4.69, 9.17) is 0 Å². The van der Waals surface area contributed by atoms with Crippen LogP contribution in [0.3, 0.4) is 0 Å². The Kier molecular flexibility index (Phi) is 4.66. The molecule has 0 atom stereocenters. The van der Waals surface area contributed by atoms with Crippen LogP contribution >= 0.6 is 0 Å². The summed E-state index contributed by atoms with van der Waals surface area (Å²) >= 11 is 0. The Bertz CT molecular complexity index is 360. The zero-order valence-electron chi connectivity index (χ0n) is 11.0. The maximum atomic E-state index is 13.5. The van der Waals surface area contributed by atoms with E-state index < -0.39 is 5.82 Å². The molecule has 0 saturated heterocycles. The van der Waals surface area contributed by atoms with Crippen LogP contribution in [0.2, 0.25) is 0 Å². The fourth-order valence-electron chi connectivity index (χ4n) is 1.16. The van der Waals surface area contributed by atoms with E-state index in [0.29, 0.717) is 12.5 Å². The van der Waals surface area contributed by atoms with Crippen molar-refractivity contribution in [3.63, 3.8) is 0 Å². The van der Waals surface area contributed by atoms with Crippen molar-refractivity contribution < 1.29 is 4.39 Å². The zero-order chi connectivity index (χ0) is 12.9. The summed E-state index contributed by atoms with van der Waals surface area (Å²) in [5.74, 6) is 0.300. The summed E-state index contributed by atoms with van der Waals surface area (Å²) < 4.78 is 13.5. The summed E-state index contributed by atoms with van der Waals surface area (Å²) in [7, 11) is 0. The molecule has 0 spiro atoms. The molecule has 0 aliphatic heterocycles. The smallest absolute Gasteiger partial charge is 0.224 e. The Morgan fingerprint density at radius 2 is 2.00 bits per heavy atom. The minimum absolute atomic E-state index is 0.0778. The van der Waals surface area contributed by atoms with Crippen LogP contribution in [-0.4, -0.2) is 23.1 Å². The number of hydrogen-bond acceptors (Lipinski definition) is 4. The summed E-state index contributed by atoms with van der Waals surface area (Å²) in [6.07, 6.45) is 2.17. The van der Waals surface area contributed by atoms with E-state index in [1.165, 1.54) is 6.20 Å². The maximum absolute atomic E-state index is 13.5. The first-order chi connectivity index (χ1) is 7.92. The lowest BCUT2D eigenvalue weighted by Crippen LogP contribution is -2.20. The van der Waals surface area contributed by atoms with Crippen molar-refractivity contribution in [1.82, 2.24) is 9.97 Å². The number of nitrogens with zero attached hydrogens (tertiary/aromatic N) is 2. The van der Waals surface area contributed by atoms with Gasteiger partial charge in [-0.05, 0) is 11.8 Å². The van der Waals surface area contributed by atoms with E-state index in [2.05, 4.69) is 48.3 Å². The fraction of sp³-hybridized carbons (Fsp3) is 0.667. The third-order valence-corrected chi connectivity index (χ3v) is 2.06. The predicted octanol–water partition coefficient (Wildman–Crippen LogP) is 2.90. The molecule has 2 N–H and O–H groups in total. The molecule has 1 heterocycles. The van der Waals surface area contributed by atoms with Crippen LogP contribution in [0.4, 0.5) is 16.2 Å². The highest BCUT2D eigenvalue weighted by Crippen LogP contribution is 2.17. The standard InChI is InChI=1S/C12H21FN4/c1-5-6-14-11-15-7-9(13)10(17-11)16-8-12(2,3)4/h7H,5-6,8H2,1-4H3,(H2,14,15,16,17). The first-order valence-electron chi connectivity index (χ1n) is 5.92. The van der Waals surface area contributed by atoms with Gasteiger partial charge in [-0.2, -0.15) is 4.98 Å². The van der Waals surface area contributed by atoms with E-state index in [1.807, 2.05) is 0 Å². The molecule has 0 aliphatic rings. The van der Waals surface area contributed by atoms with Gasteiger partial charge in [-0.3, -0.25) is 0 Å². The largest absolute Gasteiger partial charge is 0.367 e. The van der Waals surface area contributed by atoms with Crippen LogP contribution < -0.4 is 10.6 Å². The minimum atomic E-state index is -0.420. The second kappa shape index (κ2) is 5.80. The van der Waals surface area contributed by atoms with Crippen molar-refractivity contribution in [3.05, 3.63) is 12.0 Å². The SMILES string of the molecule is CCCNc1ncc(F)c(NCC(C)(C)C)n1. The molecule has 0 fully saturated rings. The van der Waals surface area contributed by atoms with Crippen LogP contribution in [-0.2, 0) is 0 Å². The topological polar surface area (TPSA) is 49.8 Å². The molecule has 5 heteroatoms. The van der Waals surface area contributed by atoms with Crippen LogP contribution in [0, 0.1) is 11.2 Å². The number of hydrogen-bond donors (Lipinski definition) is 2. The van der Waals surface area contributed by atoms with Crippen molar-refractivity contribution in [1.29, 1.82) is 0 Å². The number of rotatable bonds is 5. The monoisotopic (exact) mass is 240 g/mol. The van der Waals surface area contributed by atoms with Crippen molar-refractivity contribution in [2.75, 3.05) is 23.7 Å². The molecule has 96 valence electrons. The maximum Gasteiger partial charge on any atom is 0.224 e. The van der Waals surface area contributed by atoms with Gasteiger partial charge in [0.25, 0.3) is 0 Å². The lowest BCUT2D eigenvalue weighted by molar-refractivity contribution is 0.441. The summed E-state index contributed by atoms with van der Waals surface area (Å²) in [6.45, 7) is 9.73. The van der Waals surface area contributed by atoms with Gasteiger partial charge in [-0.15, -0.1) is 0 Å². The van der Waals surface area contributed by atoms with E-state index >= 15 is 0 Å². The molecule has 0 aromatic carbocycles. The normalized spacial score (nSPS) is 11.4. The number of halogens is 1. The number of nitrogens with one attached hydrogen (secondary N) is 2. The van der Waals surface area contributed by atoms with Crippen LogP contribution in [0.1, 0.15) is 34.1 Å². The third-order valence-electron chi connectivity index (χ3n) is 2.06. The predicted molar refractivity (Wildman–Crippen MR) is 68.7 cm³/mol. The van der Waals surface area contributed by atoms with Gasteiger partial charge >= 0.3 is 0 Å². The quantitative estimate of drug-likeness (QED) is 0.831. The Balaban J connectivity index is 2.69. The molecule has 1 rings (SSSR count). The van der Waals surface area contributed by atoms with Gasteiger partial charge in [0, 0.05) is 13.1 Å². The van der Waals surface area contributed by atoms with Crippen LogP contribution in [0.5, 0.6) is 0 Å². The first-order valence-corrected chi connectivity index (χ1v) is 5.92. The van der Waals surface area contributed by atoms with Gasteiger partial charge in [0.1, 0.15) is 0 Å². The Hall–Kier alpha value is -1.39. The molecule has 0 amide bonds. The summed E-state index contributed by atoms with van der Waals surface area (Å²) in [5.41, 5.74) is 0.0778. The van der Waals surface area contributed by atoms with Gasteiger partial charge in [-0.1, -0.05) is 27.7 Å². The summed E-state index contributed by atoms with van der Waals surface area (Å²) in [4.78, 5) is 7.99. The molecule has 0 saturated carbocycles. The van der Waals surface area contributed by atoms with E-state index in [-0.39, 0.29) is 11.2 Å². The van der Waals surface area contributed by atoms with E-state index in [0.717, 1.165) is 13.0 Å². The Morgan fingerprint density at radius 1 is 1.29 bits per heavy atom. The summed E-state index contributed by atoms with van der Waals surface area (Å²) in [5, 5.41) is 6.03. The van der Waals surface area contributed by atoms with Crippen LogP contribution in [0.15, 0.2) is 6.20 Å². The van der Waals surface area contributed by atoms with Gasteiger partial charge in [0.15, 0.2) is 11.6 Å². The van der Waals surface area contributed by atoms with Crippen LogP contribution in [0.25, 0.3) is 0 Å². The molecule has 0 radical (unpaired) electrons. The molecular formula is C12H21FN4. The molecule has 0 unspecified atom stereocenters. The average molecular weight is 240 g/mol. The third kappa shape index (κ3) is 4.97. The van der Waals surface area contributed by atoms with Gasteiger partial charge in [0.05, 0.1) is 6.20 Å². The first kappa shape index (κ1) is 13.7. The zero-order valence-corrected chi connectivity index (χ0v) is 11.0. The Morgan fingerprint density at radius 3 is 2.59 bits per heavy atom. The van der Waals surface area contributed by atoms with Crippen molar-refractivity contribution in [2.45, 2.75) is 34.1 Å². The lowest BCUT2D eigenvalue weighted by atomic mass is 9.97. The molecular weight excluding hydrogens is 219 g/mol. The molecule has 0 aliphatic carbocycles. The molecule has 4 nitrogen and oxygen atoms in total. The highest BCUT2D eigenvalue weighted by Gasteiger charge is 2.12. The van der Waals surface area contributed by atoms with Gasteiger partial charge in [-0.25, -0.2) is 9.37 Å². The highest BCUT2D eigenvalue weighted by molar-refractivity contribution is 5.41. The van der Waals surface area contributed by atoms with Gasteiger partial charge in [0.2, 0.25) is 5.95 Å². The molecule has 1 aromatic heterocycles. The van der Waals surface area contributed by atoms with Gasteiger partial charge < -0.3 is 10.6 Å². The second-order valence-corrected chi connectivity index (χ2v) is 5.23. The fourth-order valence-corrected chi connectivity index (χ4v) is 1.16. The lowest BCUT2D eigenvalue weighted by Gasteiger charge is -2.19. The number of anilines is 2. The highest BCUT2D eigenvalue weighted by atomic mass is 19.1. The summed E-state index contributed by atoms with van der Waals surface area (Å²) in [6, 6.07) is 0. The van der Waals surface area contributed by atoms with Crippen molar-refractivity contribution >= 4 is 11.8 Å². The Labute approximate surface area is 102 Å². The average Bonchev–Trinajstić information content (AvgIpc) is 2.25. The van der Waals surface area contributed by atoms with E-state index in [1.54, 1.807) is 0 Å².